The molecule has 92 valence electrons. The predicted molar refractivity (Wildman–Crippen MR) is 60.8 cm³/mol. The van der Waals surface area contributed by atoms with E-state index in [0.29, 0.717) is 19.5 Å². The SMILES string of the molecule is CCN(CC)C(=O)[C@H]1CC(=O)O[C@@]1(C)CC. The van der Waals surface area contributed by atoms with Gasteiger partial charge in [-0.15, -0.1) is 0 Å². The monoisotopic (exact) mass is 227 g/mol. The van der Waals surface area contributed by atoms with Crippen LogP contribution in [0.5, 0.6) is 0 Å². The molecule has 0 aromatic carbocycles. The van der Waals surface area contributed by atoms with Gasteiger partial charge < -0.3 is 9.64 Å². The van der Waals surface area contributed by atoms with Gasteiger partial charge in [0.15, 0.2) is 0 Å². The van der Waals surface area contributed by atoms with Crippen molar-refractivity contribution in [3.63, 3.8) is 0 Å². The zero-order valence-corrected chi connectivity index (χ0v) is 10.6. The fourth-order valence-electron chi connectivity index (χ4n) is 2.18. The average molecular weight is 227 g/mol. The maximum atomic E-state index is 12.2. The summed E-state index contributed by atoms with van der Waals surface area (Å²) in [6, 6.07) is 0. The third kappa shape index (κ3) is 2.20. The molecule has 1 heterocycles. The van der Waals surface area contributed by atoms with Crippen molar-refractivity contribution in [3.8, 4) is 0 Å². The lowest BCUT2D eigenvalue weighted by Crippen LogP contribution is -2.44. The van der Waals surface area contributed by atoms with E-state index in [1.54, 1.807) is 4.90 Å². The normalized spacial score (nSPS) is 29.0. The summed E-state index contributed by atoms with van der Waals surface area (Å²) in [4.78, 5) is 25.3. The number of ether oxygens (including phenoxy) is 1. The van der Waals surface area contributed by atoms with Gasteiger partial charge in [0.25, 0.3) is 0 Å². The second-order valence-corrected chi connectivity index (χ2v) is 4.41. The Kier molecular flexibility index (Phi) is 3.94. The maximum absolute atomic E-state index is 12.2. The molecule has 0 saturated carbocycles. The summed E-state index contributed by atoms with van der Waals surface area (Å²) in [5.41, 5.74) is -0.614. The van der Waals surface area contributed by atoms with Crippen LogP contribution in [0.3, 0.4) is 0 Å². The van der Waals surface area contributed by atoms with E-state index in [1.165, 1.54) is 0 Å². The molecule has 4 heteroatoms. The molecule has 4 nitrogen and oxygen atoms in total. The first-order valence-corrected chi connectivity index (χ1v) is 5.99. The van der Waals surface area contributed by atoms with E-state index < -0.39 is 5.60 Å². The van der Waals surface area contributed by atoms with Crippen LogP contribution in [0.4, 0.5) is 0 Å². The van der Waals surface area contributed by atoms with Crippen molar-refractivity contribution in [3.05, 3.63) is 0 Å². The number of amides is 1. The van der Waals surface area contributed by atoms with Crippen LogP contribution < -0.4 is 0 Å². The third-order valence-corrected chi connectivity index (χ3v) is 3.53. The Morgan fingerprint density at radius 2 is 2.00 bits per heavy atom. The highest BCUT2D eigenvalue weighted by Crippen LogP contribution is 2.36. The lowest BCUT2D eigenvalue weighted by molar-refractivity contribution is -0.150. The molecule has 0 aliphatic carbocycles. The van der Waals surface area contributed by atoms with Gasteiger partial charge in [0.2, 0.25) is 5.91 Å². The van der Waals surface area contributed by atoms with E-state index in [9.17, 15) is 9.59 Å². The minimum Gasteiger partial charge on any atom is -0.458 e. The molecule has 0 unspecified atom stereocenters. The summed E-state index contributed by atoms with van der Waals surface area (Å²) in [6.45, 7) is 9.05. The van der Waals surface area contributed by atoms with Crippen LogP contribution in [-0.4, -0.2) is 35.5 Å². The fourth-order valence-corrected chi connectivity index (χ4v) is 2.18. The molecule has 2 atom stereocenters. The molecule has 0 radical (unpaired) electrons. The van der Waals surface area contributed by atoms with Crippen LogP contribution in [0.2, 0.25) is 0 Å². The lowest BCUT2D eigenvalue weighted by Gasteiger charge is -2.31. The number of carbonyl (C=O) groups is 2. The van der Waals surface area contributed by atoms with Gasteiger partial charge in [0.05, 0.1) is 12.3 Å². The van der Waals surface area contributed by atoms with Crippen LogP contribution in [0.15, 0.2) is 0 Å². The Morgan fingerprint density at radius 3 is 2.44 bits per heavy atom. The molecular weight excluding hydrogens is 206 g/mol. The van der Waals surface area contributed by atoms with Crippen molar-refractivity contribution < 1.29 is 14.3 Å². The standard InChI is InChI=1S/C12H21NO3/c1-5-12(4)9(8-10(14)16-12)11(15)13(6-2)7-3/h9H,5-8H2,1-4H3/t9-,12+/m1/s1. The number of rotatable bonds is 4. The highest BCUT2D eigenvalue weighted by Gasteiger charge is 2.49. The molecule has 0 N–H and O–H groups in total. The lowest BCUT2D eigenvalue weighted by atomic mass is 9.85. The van der Waals surface area contributed by atoms with Gasteiger partial charge in [-0.1, -0.05) is 6.92 Å². The van der Waals surface area contributed by atoms with Crippen molar-refractivity contribution in [2.45, 2.75) is 46.1 Å². The number of esters is 1. The van der Waals surface area contributed by atoms with Crippen molar-refractivity contribution >= 4 is 11.9 Å². The molecule has 1 aliphatic heterocycles. The van der Waals surface area contributed by atoms with Crippen LogP contribution >= 0.6 is 0 Å². The molecular formula is C12H21NO3. The molecule has 1 saturated heterocycles. The van der Waals surface area contributed by atoms with Crippen LogP contribution in [0.1, 0.15) is 40.5 Å². The minimum absolute atomic E-state index is 0.0419. The molecule has 0 bridgehead atoms. The van der Waals surface area contributed by atoms with Crippen molar-refractivity contribution in [1.82, 2.24) is 4.90 Å². The van der Waals surface area contributed by atoms with E-state index in [1.807, 2.05) is 27.7 Å². The van der Waals surface area contributed by atoms with Gasteiger partial charge in [0, 0.05) is 13.1 Å². The van der Waals surface area contributed by atoms with Crippen LogP contribution in [0.25, 0.3) is 0 Å². The molecule has 0 spiro atoms. The van der Waals surface area contributed by atoms with E-state index in [0.717, 1.165) is 0 Å². The number of hydrogen-bond donors (Lipinski definition) is 0. The summed E-state index contributed by atoms with van der Waals surface area (Å²) in [7, 11) is 0. The minimum atomic E-state index is -0.614. The Hall–Kier alpha value is -1.06. The summed E-state index contributed by atoms with van der Waals surface area (Å²) in [5.74, 6) is -0.528. The Morgan fingerprint density at radius 1 is 1.44 bits per heavy atom. The molecule has 16 heavy (non-hydrogen) atoms. The number of hydrogen-bond acceptors (Lipinski definition) is 3. The van der Waals surface area contributed by atoms with Gasteiger partial charge in [-0.25, -0.2) is 0 Å². The molecule has 1 fully saturated rings. The van der Waals surface area contributed by atoms with Gasteiger partial charge in [-0.2, -0.15) is 0 Å². The van der Waals surface area contributed by atoms with Crippen LogP contribution in [0, 0.1) is 5.92 Å². The zero-order valence-electron chi connectivity index (χ0n) is 10.6. The van der Waals surface area contributed by atoms with Crippen molar-refractivity contribution in [2.75, 3.05) is 13.1 Å². The largest absolute Gasteiger partial charge is 0.458 e. The second-order valence-electron chi connectivity index (χ2n) is 4.41. The smallest absolute Gasteiger partial charge is 0.307 e. The number of nitrogens with zero attached hydrogens (tertiary/aromatic N) is 1. The van der Waals surface area contributed by atoms with Crippen LogP contribution in [-0.2, 0) is 14.3 Å². The summed E-state index contributed by atoms with van der Waals surface area (Å²) in [5, 5.41) is 0. The first-order chi connectivity index (χ1) is 7.48. The molecule has 1 rings (SSSR count). The van der Waals surface area contributed by atoms with E-state index in [4.69, 9.17) is 4.74 Å². The number of cyclic esters (lactones) is 1. The van der Waals surface area contributed by atoms with Gasteiger partial charge in [0.1, 0.15) is 5.60 Å². The molecule has 1 amide bonds. The third-order valence-electron chi connectivity index (χ3n) is 3.53. The zero-order chi connectivity index (χ0) is 12.3. The van der Waals surface area contributed by atoms with Gasteiger partial charge in [-0.05, 0) is 27.2 Å². The van der Waals surface area contributed by atoms with E-state index >= 15 is 0 Å². The van der Waals surface area contributed by atoms with E-state index in [-0.39, 0.29) is 24.2 Å². The summed E-state index contributed by atoms with van der Waals surface area (Å²) >= 11 is 0. The van der Waals surface area contributed by atoms with Gasteiger partial charge in [-0.3, -0.25) is 9.59 Å². The molecule has 1 aliphatic rings. The average Bonchev–Trinajstić information content (AvgIpc) is 2.56. The highest BCUT2D eigenvalue weighted by atomic mass is 16.6. The first-order valence-electron chi connectivity index (χ1n) is 5.99. The fraction of sp³-hybridized carbons (Fsp3) is 0.833. The predicted octanol–water partition coefficient (Wildman–Crippen LogP) is 1.59. The molecule has 0 aromatic rings. The Labute approximate surface area is 96.9 Å². The number of carbonyl (C=O) groups excluding carboxylic acids is 2. The second kappa shape index (κ2) is 4.85. The topological polar surface area (TPSA) is 46.6 Å². The van der Waals surface area contributed by atoms with Crippen molar-refractivity contribution in [2.24, 2.45) is 5.92 Å². The highest BCUT2D eigenvalue weighted by molar-refractivity contribution is 5.87. The van der Waals surface area contributed by atoms with Gasteiger partial charge >= 0.3 is 5.97 Å². The molecule has 0 aromatic heterocycles. The summed E-state index contributed by atoms with van der Waals surface area (Å²) in [6.07, 6.45) is 0.899. The Balaban J connectivity index is 2.86. The first kappa shape index (κ1) is 13.0. The summed E-state index contributed by atoms with van der Waals surface area (Å²) < 4.78 is 5.28. The van der Waals surface area contributed by atoms with Crippen molar-refractivity contribution in [1.29, 1.82) is 0 Å². The van der Waals surface area contributed by atoms with E-state index in [2.05, 4.69) is 0 Å². The quantitative estimate of drug-likeness (QED) is 0.685. The maximum Gasteiger partial charge on any atom is 0.307 e. The Bertz CT molecular complexity index is 286.